The lowest BCUT2D eigenvalue weighted by molar-refractivity contribution is -0.138. The van der Waals surface area contributed by atoms with Crippen molar-refractivity contribution in [2.24, 2.45) is 0 Å². The van der Waals surface area contributed by atoms with Crippen LogP contribution in [0.15, 0.2) is 60.8 Å². The Morgan fingerprint density at radius 1 is 1.00 bits per heavy atom. The van der Waals surface area contributed by atoms with Gasteiger partial charge in [-0.25, -0.2) is 4.68 Å². The Morgan fingerprint density at radius 3 is 2.54 bits per heavy atom. The van der Waals surface area contributed by atoms with E-state index in [1.165, 1.54) is 6.07 Å². The van der Waals surface area contributed by atoms with Gasteiger partial charge in [0.1, 0.15) is 0 Å². The van der Waals surface area contributed by atoms with Crippen molar-refractivity contribution in [3.05, 3.63) is 77.5 Å². The van der Waals surface area contributed by atoms with E-state index in [1.807, 2.05) is 30.3 Å². The molecule has 2 aromatic carbocycles. The van der Waals surface area contributed by atoms with Crippen LogP contribution in [0, 0.1) is 0 Å². The van der Waals surface area contributed by atoms with Crippen LogP contribution >= 0.6 is 0 Å². The van der Waals surface area contributed by atoms with Gasteiger partial charge < -0.3 is 0 Å². The molecule has 120 valence electrons. The molecule has 0 saturated carbocycles. The van der Waals surface area contributed by atoms with Crippen LogP contribution in [0.3, 0.4) is 0 Å². The Balaban J connectivity index is 1.90. The van der Waals surface area contributed by atoms with E-state index in [0.717, 1.165) is 11.3 Å². The van der Waals surface area contributed by atoms with Crippen LogP contribution < -0.4 is 0 Å². The first-order valence-corrected chi connectivity index (χ1v) is 7.54. The number of hydrogen-bond donors (Lipinski definition) is 0. The number of benzene rings is 2. The van der Waals surface area contributed by atoms with E-state index >= 15 is 0 Å². The molecule has 0 aliphatic heterocycles. The molecule has 1 aromatic heterocycles. The van der Waals surface area contributed by atoms with Gasteiger partial charge in [0.15, 0.2) is 0 Å². The maximum atomic E-state index is 13.4. The van der Waals surface area contributed by atoms with Gasteiger partial charge >= 0.3 is 6.18 Å². The molecule has 1 aliphatic carbocycles. The third-order valence-electron chi connectivity index (χ3n) is 4.15. The highest BCUT2D eigenvalue weighted by Gasteiger charge is 2.35. The molecule has 5 heteroatoms. The third-order valence-corrected chi connectivity index (χ3v) is 4.15. The number of hydrogen-bond acceptors (Lipinski definition) is 1. The van der Waals surface area contributed by atoms with Crippen LogP contribution in [0.1, 0.15) is 16.7 Å². The zero-order valence-electron chi connectivity index (χ0n) is 12.6. The van der Waals surface area contributed by atoms with Crippen molar-refractivity contribution in [1.29, 1.82) is 0 Å². The zero-order valence-corrected chi connectivity index (χ0v) is 12.6. The number of fused-ring (bicyclic) bond motifs is 1. The number of allylic oxidation sites excluding steroid dienone is 1. The Labute approximate surface area is 136 Å². The number of halogens is 3. The summed E-state index contributed by atoms with van der Waals surface area (Å²) in [6.07, 6.45) is 1.02. The smallest absolute Gasteiger partial charge is 0.233 e. The van der Waals surface area contributed by atoms with Crippen LogP contribution in [0.5, 0.6) is 0 Å². The molecule has 4 rings (SSSR count). The second kappa shape index (κ2) is 5.37. The van der Waals surface area contributed by atoms with Crippen LogP contribution in [0.4, 0.5) is 13.2 Å². The summed E-state index contributed by atoms with van der Waals surface area (Å²) >= 11 is 0. The van der Waals surface area contributed by atoms with Gasteiger partial charge in [-0.2, -0.15) is 18.3 Å². The molecule has 0 amide bonds. The second-order valence-electron chi connectivity index (χ2n) is 5.66. The minimum Gasteiger partial charge on any atom is -0.233 e. The largest absolute Gasteiger partial charge is 0.416 e. The van der Waals surface area contributed by atoms with E-state index in [0.29, 0.717) is 23.2 Å². The summed E-state index contributed by atoms with van der Waals surface area (Å²) < 4.78 is 41.8. The van der Waals surface area contributed by atoms with E-state index in [2.05, 4.69) is 5.10 Å². The molecule has 0 radical (unpaired) electrons. The third kappa shape index (κ3) is 2.42. The fraction of sp³-hybridized carbons (Fsp3) is 0.105. The van der Waals surface area contributed by atoms with Crippen molar-refractivity contribution in [3.63, 3.8) is 0 Å². The Morgan fingerprint density at radius 2 is 1.79 bits per heavy atom. The van der Waals surface area contributed by atoms with Crippen LogP contribution in [0.25, 0.3) is 23.0 Å². The van der Waals surface area contributed by atoms with Gasteiger partial charge in [-0.1, -0.05) is 42.5 Å². The SMILES string of the molecule is FC(F)(F)c1cc(-n2nccc2-c2ccccc2)cc2c1CC=C2. The molecule has 0 unspecified atom stereocenters. The average molecular weight is 326 g/mol. The van der Waals surface area contributed by atoms with Crippen LogP contribution in [-0.2, 0) is 12.6 Å². The van der Waals surface area contributed by atoms with Gasteiger partial charge in [0.2, 0.25) is 0 Å². The minimum absolute atomic E-state index is 0.315. The highest BCUT2D eigenvalue weighted by molar-refractivity contribution is 5.68. The van der Waals surface area contributed by atoms with Gasteiger partial charge in [-0.05, 0) is 35.7 Å². The summed E-state index contributed by atoms with van der Waals surface area (Å²) in [5, 5.41) is 4.24. The predicted octanol–water partition coefficient (Wildman–Crippen LogP) is 5.13. The summed E-state index contributed by atoms with van der Waals surface area (Å²) in [6, 6.07) is 14.2. The van der Waals surface area contributed by atoms with E-state index in [-0.39, 0.29) is 0 Å². The van der Waals surface area contributed by atoms with Crippen molar-refractivity contribution < 1.29 is 13.2 Å². The topological polar surface area (TPSA) is 17.8 Å². The second-order valence-corrected chi connectivity index (χ2v) is 5.66. The number of aromatic nitrogens is 2. The number of alkyl halides is 3. The summed E-state index contributed by atoms with van der Waals surface area (Å²) in [5.74, 6) is 0. The molecule has 0 fully saturated rings. The Kier molecular flexibility index (Phi) is 3.30. The summed E-state index contributed by atoms with van der Waals surface area (Å²) in [4.78, 5) is 0. The molecule has 0 N–H and O–H groups in total. The highest BCUT2D eigenvalue weighted by Crippen LogP contribution is 2.38. The maximum Gasteiger partial charge on any atom is 0.416 e. The van der Waals surface area contributed by atoms with E-state index in [4.69, 9.17) is 0 Å². The lowest BCUT2D eigenvalue weighted by Gasteiger charge is -2.16. The first kappa shape index (κ1) is 14.8. The quantitative estimate of drug-likeness (QED) is 0.638. The molecule has 0 bridgehead atoms. The van der Waals surface area contributed by atoms with Crippen molar-refractivity contribution in [2.45, 2.75) is 12.6 Å². The van der Waals surface area contributed by atoms with Gasteiger partial charge in [-0.3, -0.25) is 0 Å². The van der Waals surface area contributed by atoms with Crippen LogP contribution in [0.2, 0.25) is 0 Å². The fourth-order valence-electron chi connectivity index (χ4n) is 3.07. The first-order valence-electron chi connectivity index (χ1n) is 7.54. The molecule has 1 aliphatic rings. The van der Waals surface area contributed by atoms with E-state index < -0.39 is 11.7 Å². The van der Waals surface area contributed by atoms with Crippen LogP contribution in [-0.4, -0.2) is 9.78 Å². The van der Waals surface area contributed by atoms with Gasteiger partial charge in [0.25, 0.3) is 0 Å². The minimum atomic E-state index is -4.38. The Bertz CT molecular complexity index is 922. The molecule has 0 atom stereocenters. The number of rotatable bonds is 2. The maximum absolute atomic E-state index is 13.4. The van der Waals surface area contributed by atoms with Crippen molar-refractivity contribution in [1.82, 2.24) is 9.78 Å². The summed E-state index contributed by atoms with van der Waals surface area (Å²) in [6.45, 7) is 0. The van der Waals surface area contributed by atoms with Gasteiger partial charge in [0, 0.05) is 5.56 Å². The summed E-state index contributed by atoms with van der Waals surface area (Å²) in [5.41, 5.74) is 2.42. The molecule has 2 nitrogen and oxygen atoms in total. The normalized spacial score (nSPS) is 13.3. The predicted molar refractivity (Wildman–Crippen MR) is 86.7 cm³/mol. The lowest BCUT2D eigenvalue weighted by Crippen LogP contribution is -2.11. The standard InChI is InChI=1S/C19H13F3N2/c20-19(21,22)17-12-15(11-14-7-4-8-16(14)17)24-18(9-10-23-24)13-5-2-1-3-6-13/h1-7,9-12H,8H2. The highest BCUT2D eigenvalue weighted by atomic mass is 19.4. The molecule has 1 heterocycles. The molecular weight excluding hydrogens is 313 g/mol. The summed E-state index contributed by atoms with van der Waals surface area (Å²) in [7, 11) is 0. The average Bonchev–Trinajstić information content (AvgIpc) is 3.22. The molecular formula is C19H13F3N2. The van der Waals surface area contributed by atoms with Crippen molar-refractivity contribution in [3.8, 4) is 16.9 Å². The molecule has 0 spiro atoms. The zero-order chi connectivity index (χ0) is 16.7. The van der Waals surface area contributed by atoms with Crippen molar-refractivity contribution in [2.75, 3.05) is 0 Å². The lowest BCUT2D eigenvalue weighted by atomic mass is 10.0. The van der Waals surface area contributed by atoms with Gasteiger partial charge in [-0.15, -0.1) is 0 Å². The van der Waals surface area contributed by atoms with Gasteiger partial charge in [0.05, 0.1) is 23.1 Å². The van der Waals surface area contributed by atoms with E-state index in [9.17, 15) is 13.2 Å². The van der Waals surface area contributed by atoms with Crippen molar-refractivity contribution >= 4 is 6.08 Å². The Hall–Kier alpha value is -2.82. The number of nitrogens with zero attached hydrogens (tertiary/aromatic N) is 2. The molecule has 3 aromatic rings. The monoisotopic (exact) mass is 326 g/mol. The first-order chi connectivity index (χ1) is 11.5. The molecule has 0 saturated heterocycles. The van der Waals surface area contributed by atoms with E-state index in [1.54, 1.807) is 35.2 Å². The fourth-order valence-corrected chi connectivity index (χ4v) is 3.07. The molecule has 24 heavy (non-hydrogen) atoms.